The maximum absolute atomic E-state index is 14.6. The molecule has 0 saturated heterocycles. The first-order valence-electron chi connectivity index (χ1n) is 43.2. The van der Waals surface area contributed by atoms with Crippen LogP contribution in [0.25, 0.3) is 156 Å². The Hall–Kier alpha value is -11.3. The van der Waals surface area contributed by atoms with Crippen molar-refractivity contribution in [3.05, 3.63) is 325 Å². The summed E-state index contributed by atoms with van der Waals surface area (Å²) in [5.41, 5.74) is 17.0. The Labute approximate surface area is 725 Å². The number of para-hydroxylation sites is 4. The molecule has 0 atom stereocenters. The first-order chi connectivity index (χ1) is 59.3. The van der Waals surface area contributed by atoms with E-state index in [0.717, 1.165) is 121 Å². The van der Waals surface area contributed by atoms with Gasteiger partial charge in [-0.25, -0.2) is 18.7 Å². The van der Waals surface area contributed by atoms with Gasteiger partial charge in [0, 0.05) is 105 Å². The molecule has 10 nitrogen and oxygen atoms in total. The van der Waals surface area contributed by atoms with Crippen LogP contribution in [0.4, 0.5) is 8.78 Å². The summed E-state index contributed by atoms with van der Waals surface area (Å²) in [5.74, 6) is 0.637. The van der Waals surface area contributed by atoms with Gasteiger partial charge >= 0.3 is 0 Å². The predicted molar refractivity (Wildman–Crippen MR) is 476 cm³/mol. The van der Waals surface area contributed by atoms with Crippen molar-refractivity contribution in [2.45, 2.75) is 106 Å². The molecule has 588 valence electrons. The molecule has 0 aliphatic heterocycles. The molecule has 0 fully saturated rings. The van der Waals surface area contributed by atoms with Crippen molar-refractivity contribution in [3.8, 4) is 67.8 Å². The van der Waals surface area contributed by atoms with Crippen LogP contribution in [0, 0.1) is 62.4 Å². The molecule has 11 aromatic carbocycles. The molecule has 0 bridgehead atoms. The third-order valence-corrected chi connectivity index (χ3v) is 24.5. The van der Waals surface area contributed by atoms with Crippen LogP contribution in [0.3, 0.4) is 0 Å². The number of furan rings is 2. The molecule has 8 aromatic heterocycles. The monoisotopic (exact) mass is 1930 g/mol. The van der Waals surface area contributed by atoms with Gasteiger partial charge in [0.25, 0.3) is 0 Å². The molecule has 19 aromatic rings. The largest absolute Gasteiger partial charge is 0.486 e. The van der Waals surface area contributed by atoms with Gasteiger partial charge in [-0.15, -0.1) is 108 Å². The smallest absolute Gasteiger partial charge is 0.216 e. The van der Waals surface area contributed by atoms with Gasteiger partial charge in [0.15, 0.2) is 0 Å². The van der Waals surface area contributed by atoms with Crippen molar-refractivity contribution in [2.75, 3.05) is 0 Å². The van der Waals surface area contributed by atoms with E-state index < -0.39 is 36.2 Å². The van der Waals surface area contributed by atoms with Crippen LogP contribution < -0.4 is 10.4 Å². The number of imidazole rings is 2. The van der Waals surface area contributed by atoms with Crippen molar-refractivity contribution < 1.29 is 71.5 Å². The molecule has 0 spiro atoms. The van der Waals surface area contributed by atoms with E-state index in [4.69, 9.17) is 32.5 Å². The second kappa shape index (κ2) is 33.7. The second-order valence-electron chi connectivity index (χ2n) is 32.0. The average molecular weight is 1930 g/mol. The first-order valence-corrected chi connectivity index (χ1v) is 45.2. The van der Waals surface area contributed by atoms with Crippen molar-refractivity contribution in [3.63, 3.8) is 0 Å². The molecule has 0 aliphatic carbocycles. The van der Waals surface area contributed by atoms with Crippen LogP contribution >= 0.6 is 0 Å². The maximum Gasteiger partial charge on any atom is 0.216 e. The Morgan fingerprint density at radius 1 is 0.547 bits per heavy atom. The fourth-order valence-electron chi connectivity index (χ4n) is 15.0. The quantitative estimate of drug-likeness (QED) is 0.0929. The Kier molecular flexibility index (Phi) is 20.2. The Morgan fingerprint density at radius 3 is 1.86 bits per heavy atom. The number of aryl methyl sites for hydroxylation is 2. The van der Waals surface area contributed by atoms with Crippen LogP contribution in [0.5, 0.6) is 0 Å². The minimum absolute atomic E-state index is 0. The molecule has 8 heterocycles. The third-order valence-electron chi connectivity index (χ3n) is 20.3. The summed E-state index contributed by atoms with van der Waals surface area (Å²) in [6.07, 6.45) is 1.84. The molecule has 0 saturated carbocycles. The van der Waals surface area contributed by atoms with E-state index in [1.165, 1.54) is 29.8 Å². The minimum Gasteiger partial charge on any atom is -0.486 e. The van der Waals surface area contributed by atoms with Gasteiger partial charge in [-0.05, 0) is 154 Å². The Morgan fingerprint density at radius 2 is 1.19 bits per heavy atom. The number of halogens is 2. The maximum atomic E-state index is 14.6. The summed E-state index contributed by atoms with van der Waals surface area (Å²) in [7, 11) is -3.66. The van der Waals surface area contributed by atoms with Crippen molar-refractivity contribution in [1.29, 1.82) is 0 Å². The van der Waals surface area contributed by atoms with Gasteiger partial charge in [0.05, 0.1) is 66.5 Å². The van der Waals surface area contributed by atoms with Gasteiger partial charge in [-0.2, -0.15) is 0 Å². The summed E-state index contributed by atoms with van der Waals surface area (Å²) >= 11 is 0. The van der Waals surface area contributed by atoms with Crippen LogP contribution in [-0.4, -0.2) is 55.2 Å². The minimum atomic E-state index is -2.56. The molecule has 19 rings (SSSR count). The zero-order chi connectivity index (χ0) is 88.7. The molecular formula is C101H88F2Ir2N8O2Si2-4. The van der Waals surface area contributed by atoms with Crippen molar-refractivity contribution in [2.24, 2.45) is 5.92 Å². The zero-order valence-electron chi connectivity index (χ0n) is 76.6. The van der Waals surface area contributed by atoms with Gasteiger partial charge in [0.2, 0.25) is 11.4 Å². The number of hydrogen-bond acceptors (Lipinski definition) is 8. The van der Waals surface area contributed by atoms with Crippen LogP contribution in [-0.2, 0) is 52.0 Å². The second-order valence-corrected chi connectivity index (χ2v) is 42.0. The molecule has 0 unspecified atom stereocenters. The van der Waals surface area contributed by atoms with Crippen molar-refractivity contribution >= 4 is 114 Å². The third kappa shape index (κ3) is 16.7. The summed E-state index contributed by atoms with van der Waals surface area (Å²) in [4.78, 5) is 28.2. The van der Waals surface area contributed by atoms with Crippen molar-refractivity contribution in [1.82, 2.24) is 39.0 Å². The van der Waals surface area contributed by atoms with E-state index in [-0.39, 0.29) is 86.5 Å². The van der Waals surface area contributed by atoms with Crippen LogP contribution in [0.1, 0.15) is 76.3 Å². The van der Waals surface area contributed by atoms with E-state index in [9.17, 15) is 8.78 Å². The SMILES string of the molecule is CC(C)(C)c1ccc(-n2c(-c3[c-]ccc4c3oc3nccc(-c5ccc(F)cc5)c34)nc3ccccc32)cc1.Fc1cccc2nc3oc4c(-c5nc6ccccc6n5-c5cccc6ccccc56)[c-]ccc4c3cc12.[2H]C([2H])([2H])c1nc(-c2[c-]cccc2)cc(C)c1[Si](C)(C)C.[2H]c1[c-]c(-c2cc(C([2H])([2H])C(C)C)c([Si](C)(C)C)cn2)cc([2H])c1C([2H])([2H])[2H].[Ir].[Ir]. The number of pyridine rings is 4. The predicted octanol–water partition coefficient (Wildman–Crippen LogP) is 25.4. The fraction of sp³-hybridized carbons (Fsp3) is 0.168. The average Bonchev–Trinajstić information content (AvgIpc) is 1.48. The normalized spacial score (nSPS) is 13.3. The summed E-state index contributed by atoms with van der Waals surface area (Å²) in [6.45, 7) is 20.4. The number of benzene rings is 11. The summed E-state index contributed by atoms with van der Waals surface area (Å²) in [5, 5.41) is 8.00. The Balaban J connectivity index is 0.000000140. The summed E-state index contributed by atoms with van der Waals surface area (Å²) < 4.78 is 125. The summed E-state index contributed by atoms with van der Waals surface area (Å²) in [6, 6.07) is 86.8. The number of rotatable bonds is 11. The molecule has 0 aliphatic rings. The van der Waals surface area contributed by atoms with E-state index in [1.807, 2.05) is 136 Å². The van der Waals surface area contributed by atoms with Gasteiger partial charge in [0.1, 0.15) is 11.6 Å². The standard InChI is InChI=1S/C34H25FN3O.C32H17FN3O.C19H26NSi.C16H20NSi.2Ir/c1-34(2,3)22-13-17-24(18-14-22)38-29-10-5-4-9-28(29)37-32(38)27-8-6-7-26-30-25(21-11-15-23(35)16-12-21)19-20-36-33(30)39-31(26)27;33-25-13-7-15-26-24(25)18-23-21-11-6-12-22(30(21)37-32(23)35-26)31-34-27-14-3-4-16-29(27)36(31)28-17-5-9-19-8-1-2-10-20(19)28;1-14(2)11-17-12-18(16-9-7-15(3)8-10-16)20-13-19(17)21(4,5)6;1-12-11-15(14-9-7-6-8-10-14)17-13(2)16(12)18(3,4)5;;/h4-7,9-20H,1-3H3;1-11,13-18H;7-9,12-14H,11H2,1-6H3;6-9,11H,1-5H3;;/q4*-1;;/i;;3D3,7D,8D,11D2;2D3;;. The number of aromatic nitrogens is 8. The van der Waals surface area contributed by atoms with E-state index in [2.05, 4.69) is 180 Å². The molecular weight excluding hydrogens is 1840 g/mol. The topological polar surface area (TPSA) is 113 Å². The van der Waals surface area contributed by atoms with E-state index in [1.54, 1.807) is 42.7 Å². The number of fused-ring (bicyclic) bond motifs is 10. The molecule has 16 heteroatoms. The van der Waals surface area contributed by atoms with E-state index in [0.29, 0.717) is 56.0 Å². The van der Waals surface area contributed by atoms with Crippen LogP contribution in [0.2, 0.25) is 39.3 Å². The number of hydrogen-bond donors (Lipinski definition) is 0. The first kappa shape index (κ1) is 69.9. The van der Waals surface area contributed by atoms with E-state index >= 15 is 0 Å². The fourth-order valence-corrected chi connectivity index (χ4v) is 18.4. The van der Waals surface area contributed by atoms with Gasteiger partial charge in [-0.1, -0.05) is 217 Å². The van der Waals surface area contributed by atoms with Crippen LogP contribution in [0.15, 0.2) is 270 Å². The Bertz CT molecular complexity index is 7340. The van der Waals surface area contributed by atoms with Gasteiger partial charge in [-0.3, -0.25) is 9.97 Å². The molecule has 2 radical (unpaired) electrons. The molecule has 0 N–H and O–H groups in total. The molecule has 117 heavy (non-hydrogen) atoms. The number of nitrogens with zero attached hydrogens (tertiary/aromatic N) is 8. The van der Waals surface area contributed by atoms with Gasteiger partial charge < -0.3 is 27.9 Å². The molecule has 0 amide bonds. The zero-order valence-corrected chi connectivity index (χ0v) is 73.4.